The monoisotopic (exact) mass is 248 g/mol. The SMILES string of the molecule is CN1CCC(CC(=O)N(C)c2ccc(N)nc2)C1. The van der Waals surface area contributed by atoms with Gasteiger partial charge in [-0.3, -0.25) is 4.79 Å². The van der Waals surface area contributed by atoms with Gasteiger partial charge in [0.2, 0.25) is 5.91 Å². The van der Waals surface area contributed by atoms with Gasteiger partial charge in [-0.15, -0.1) is 0 Å². The number of aromatic nitrogens is 1. The molecular formula is C13H20N4O. The highest BCUT2D eigenvalue weighted by Gasteiger charge is 2.23. The van der Waals surface area contributed by atoms with Crippen LogP contribution in [0, 0.1) is 5.92 Å². The number of nitrogens with zero attached hydrogens (tertiary/aromatic N) is 3. The van der Waals surface area contributed by atoms with Crippen LogP contribution in [0.3, 0.4) is 0 Å². The minimum absolute atomic E-state index is 0.141. The molecule has 1 aliphatic heterocycles. The van der Waals surface area contributed by atoms with E-state index in [4.69, 9.17) is 5.73 Å². The summed E-state index contributed by atoms with van der Waals surface area (Å²) in [5.74, 6) is 1.09. The highest BCUT2D eigenvalue weighted by atomic mass is 16.2. The third-order valence-corrected chi connectivity index (χ3v) is 3.48. The summed E-state index contributed by atoms with van der Waals surface area (Å²) < 4.78 is 0. The minimum atomic E-state index is 0.141. The number of amides is 1. The first kappa shape index (κ1) is 12.8. The van der Waals surface area contributed by atoms with Crippen LogP contribution in [-0.2, 0) is 4.79 Å². The van der Waals surface area contributed by atoms with Crippen LogP contribution in [0.25, 0.3) is 0 Å². The van der Waals surface area contributed by atoms with Gasteiger partial charge < -0.3 is 15.5 Å². The normalized spacial score (nSPS) is 20.0. The predicted octanol–water partition coefficient (Wildman–Crippen LogP) is 0.968. The molecule has 2 heterocycles. The first-order chi connectivity index (χ1) is 8.56. The Bertz CT molecular complexity index is 418. The van der Waals surface area contributed by atoms with Gasteiger partial charge >= 0.3 is 0 Å². The molecule has 0 aliphatic carbocycles. The molecular weight excluding hydrogens is 228 g/mol. The number of carbonyl (C=O) groups excluding carboxylic acids is 1. The van der Waals surface area contributed by atoms with E-state index in [9.17, 15) is 4.79 Å². The lowest BCUT2D eigenvalue weighted by Gasteiger charge is -2.19. The maximum atomic E-state index is 12.1. The van der Waals surface area contributed by atoms with Crippen molar-refractivity contribution in [3.8, 4) is 0 Å². The van der Waals surface area contributed by atoms with Crippen molar-refractivity contribution in [2.45, 2.75) is 12.8 Å². The Morgan fingerprint density at radius 3 is 2.94 bits per heavy atom. The Morgan fingerprint density at radius 1 is 1.61 bits per heavy atom. The summed E-state index contributed by atoms with van der Waals surface area (Å²) in [6.07, 6.45) is 3.34. The molecule has 5 heteroatoms. The minimum Gasteiger partial charge on any atom is -0.384 e. The first-order valence-corrected chi connectivity index (χ1v) is 6.23. The lowest BCUT2D eigenvalue weighted by molar-refractivity contribution is -0.119. The molecule has 1 atom stereocenters. The molecule has 2 rings (SSSR count). The largest absolute Gasteiger partial charge is 0.384 e. The lowest BCUT2D eigenvalue weighted by atomic mass is 10.0. The second kappa shape index (κ2) is 5.35. The number of pyridine rings is 1. The van der Waals surface area contributed by atoms with Gasteiger partial charge in [0.05, 0.1) is 11.9 Å². The average molecular weight is 248 g/mol. The maximum Gasteiger partial charge on any atom is 0.227 e. The summed E-state index contributed by atoms with van der Waals surface area (Å²) in [7, 11) is 3.88. The number of hydrogen-bond donors (Lipinski definition) is 1. The van der Waals surface area contributed by atoms with E-state index in [1.165, 1.54) is 0 Å². The Morgan fingerprint density at radius 2 is 2.39 bits per heavy atom. The molecule has 5 nitrogen and oxygen atoms in total. The fourth-order valence-electron chi connectivity index (χ4n) is 2.32. The van der Waals surface area contributed by atoms with Crippen molar-refractivity contribution in [3.63, 3.8) is 0 Å². The van der Waals surface area contributed by atoms with Crippen molar-refractivity contribution in [1.82, 2.24) is 9.88 Å². The van der Waals surface area contributed by atoms with E-state index < -0.39 is 0 Å². The summed E-state index contributed by atoms with van der Waals surface area (Å²) in [4.78, 5) is 20.1. The van der Waals surface area contributed by atoms with Gasteiger partial charge in [0.1, 0.15) is 5.82 Å². The zero-order chi connectivity index (χ0) is 13.1. The highest BCUT2D eigenvalue weighted by Crippen LogP contribution is 2.21. The zero-order valence-electron chi connectivity index (χ0n) is 11.0. The molecule has 0 radical (unpaired) electrons. The molecule has 0 bridgehead atoms. The Balaban J connectivity index is 1.94. The van der Waals surface area contributed by atoms with E-state index in [0.717, 1.165) is 25.2 Å². The molecule has 1 fully saturated rings. The molecule has 2 N–H and O–H groups in total. The van der Waals surface area contributed by atoms with Crippen LogP contribution in [0.5, 0.6) is 0 Å². The van der Waals surface area contributed by atoms with Crippen molar-refractivity contribution in [2.24, 2.45) is 5.92 Å². The van der Waals surface area contributed by atoms with Gasteiger partial charge in [-0.1, -0.05) is 0 Å². The molecule has 98 valence electrons. The van der Waals surface area contributed by atoms with E-state index in [1.807, 2.05) is 6.07 Å². The number of carbonyl (C=O) groups is 1. The Hall–Kier alpha value is -1.62. The van der Waals surface area contributed by atoms with Crippen LogP contribution < -0.4 is 10.6 Å². The smallest absolute Gasteiger partial charge is 0.227 e. The van der Waals surface area contributed by atoms with Gasteiger partial charge in [-0.25, -0.2) is 4.98 Å². The second-order valence-electron chi connectivity index (χ2n) is 5.02. The van der Waals surface area contributed by atoms with E-state index in [2.05, 4.69) is 16.9 Å². The van der Waals surface area contributed by atoms with Gasteiger partial charge in [-0.05, 0) is 38.1 Å². The summed E-state index contributed by atoms with van der Waals surface area (Å²) in [5.41, 5.74) is 6.32. The van der Waals surface area contributed by atoms with E-state index >= 15 is 0 Å². The third-order valence-electron chi connectivity index (χ3n) is 3.48. The van der Waals surface area contributed by atoms with Gasteiger partial charge in [0.25, 0.3) is 0 Å². The molecule has 0 saturated carbocycles. The number of nitrogen functional groups attached to an aromatic ring is 1. The van der Waals surface area contributed by atoms with Crippen molar-refractivity contribution in [1.29, 1.82) is 0 Å². The molecule has 1 aromatic heterocycles. The number of nitrogens with two attached hydrogens (primary N) is 1. The average Bonchev–Trinajstić information content (AvgIpc) is 2.75. The standard InChI is InChI=1S/C13H20N4O/c1-16-6-5-10(9-16)7-13(18)17(2)11-3-4-12(14)15-8-11/h3-4,8,10H,5-7,9H2,1-2H3,(H2,14,15). The van der Waals surface area contributed by atoms with Crippen LogP contribution in [-0.4, -0.2) is 43.0 Å². The van der Waals surface area contributed by atoms with Crippen molar-refractivity contribution >= 4 is 17.4 Å². The number of anilines is 2. The van der Waals surface area contributed by atoms with E-state index in [0.29, 0.717) is 18.2 Å². The molecule has 1 amide bonds. The van der Waals surface area contributed by atoms with Crippen LogP contribution in [0.4, 0.5) is 11.5 Å². The number of likely N-dealkylation sites (tertiary alicyclic amines) is 1. The molecule has 0 aromatic carbocycles. The van der Waals surface area contributed by atoms with Crippen molar-refractivity contribution < 1.29 is 4.79 Å². The predicted molar refractivity (Wildman–Crippen MR) is 72.3 cm³/mol. The van der Waals surface area contributed by atoms with E-state index in [1.54, 1.807) is 24.2 Å². The summed E-state index contributed by atoms with van der Waals surface area (Å²) in [6.45, 7) is 2.10. The van der Waals surface area contributed by atoms with Gasteiger partial charge in [0, 0.05) is 20.0 Å². The summed E-state index contributed by atoms with van der Waals surface area (Å²) in [5, 5.41) is 0. The zero-order valence-corrected chi connectivity index (χ0v) is 11.0. The summed E-state index contributed by atoms with van der Waals surface area (Å²) in [6, 6.07) is 3.53. The molecule has 18 heavy (non-hydrogen) atoms. The fourth-order valence-corrected chi connectivity index (χ4v) is 2.32. The maximum absolute atomic E-state index is 12.1. The van der Waals surface area contributed by atoms with Gasteiger partial charge in [-0.2, -0.15) is 0 Å². The van der Waals surface area contributed by atoms with Crippen molar-refractivity contribution in [2.75, 3.05) is 37.8 Å². The van der Waals surface area contributed by atoms with Crippen LogP contribution in [0.2, 0.25) is 0 Å². The molecule has 0 spiro atoms. The number of hydrogen-bond acceptors (Lipinski definition) is 4. The lowest BCUT2D eigenvalue weighted by Crippen LogP contribution is -2.29. The van der Waals surface area contributed by atoms with Crippen LogP contribution in [0.1, 0.15) is 12.8 Å². The summed E-state index contributed by atoms with van der Waals surface area (Å²) >= 11 is 0. The molecule has 1 saturated heterocycles. The fraction of sp³-hybridized carbons (Fsp3) is 0.538. The van der Waals surface area contributed by atoms with Crippen molar-refractivity contribution in [3.05, 3.63) is 18.3 Å². The molecule has 1 aliphatic rings. The second-order valence-corrected chi connectivity index (χ2v) is 5.02. The quantitative estimate of drug-likeness (QED) is 0.865. The van der Waals surface area contributed by atoms with Crippen LogP contribution >= 0.6 is 0 Å². The Kier molecular flexibility index (Phi) is 3.81. The molecule has 1 unspecified atom stereocenters. The molecule has 1 aromatic rings. The topological polar surface area (TPSA) is 62.5 Å². The van der Waals surface area contributed by atoms with Crippen LogP contribution in [0.15, 0.2) is 18.3 Å². The highest BCUT2D eigenvalue weighted by molar-refractivity contribution is 5.92. The number of rotatable bonds is 3. The van der Waals surface area contributed by atoms with E-state index in [-0.39, 0.29) is 5.91 Å². The first-order valence-electron chi connectivity index (χ1n) is 6.23. The Labute approximate surface area is 108 Å². The third kappa shape index (κ3) is 2.98. The van der Waals surface area contributed by atoms with Gasteiger partial charge in [0.15, 0.2) is 0 Å².